The molecule has 1 unspecified atom stereocenters. The second-order valence-corrected chi connectivity index (χ2v) is 2.94. The molecule has 0 radical (unpaired) electrons. The van der Waals surface area contributed by atoms with Crippen LogP contribution in [0.2, 0.25) is 0 Å². The molecule has 0 aromatic heterocycles. The third kappa shape index (κ3) is 1.93. The molecule has 1 aliphatic carbocycles. The summed E-state index contributed by atoms with van der Waals surface area (Å²) in [6, 6.07) is 0. The van der Waals surface area contributed by atoms with Crippen LogP contribution in [0.25, 0.3) is 0 Å². The van der Waals surface area contributed by atoms with Crippen molar-refractivity contribution in [1.29, 1.82) is 0 Å². The Morgan fingerprint density at radius 3 is 2.31 bits per heavy atom. The molecule has 0 saturated carbocycles. The summed E-state index contributed by atoms with van der Waals surface area (Å²) in [5, 5.41) is 0. The second kappa shape index (κ2) is 4.15. The van der Waals surface area contributed by atoms with Gasteiger partial charge >= 0.3 is 11.5 Å². The first-order valence-corrected chi connectivity index (χ1v) is 4.21. The number of methoxy groups -OCH3 is 3. The van der Waals surface area contributed by atoms with Gasteiger partial charge in [-0.05, 0) is 6.92 Å². The summed E-state index contributed by atoms with van der Waals surface area (Å²) >= 11 is 0. The predicted molar refractivity (Wildman–Crippen MR) is 48.6 cm³/mol. The van der Waals surface area contributed by atoms with E-state index in [0.717, 1.165) is 12.2 Å². The van der Waals surface area contributed by atoms with Crippen molar-refractivity contribution < 1.29 is 14.2 Å². The molecule has 0 amide bonds. The van der Waals surface area contributed by atoms with E-state index >= 15 is 0 Å². The standard InChI is InChI=1S/C10H15O3/c1-7-5-8(11-2)10(13-4)9(6-7)12-3/h7H,5H2,1-4H3/q+1. The van der Waals surface area contributed by atoms with Crippen LogP contribution in [0.4, 0.5) is 0 Å². The summed E-state index contributed by atoms with van der Waals surface area (Å²) in [7, 11) is 4.84. The highest BCUT2D eigenvalue weighted by Gasteiger charge is 2.34. The van der Waals surface area contributed by atoms with E-state index in [-0.39, 0.29) is 0 Å². The molecule has 0 heterocycles. The number of rotatable bonds is 3. The fraction of sp³-hybridized carbons (Fsp3) is 0.600. The van der Waals surface area contributed by atoms with Crippen LogP contribution in [0.15, 0.2) is 17.3 Å². The van der Waals surface area contributed by atoms with Crippen LogP contribution in [0, 0.1) is 12.0 Å². The molecule has 0 fully saturated rings. The van der Waals surface area contributed by atoms with Gasteiger partial charge in [0.2, 0.25) is 5.76 Å². The van der Waals surface area contributed by atoms with Crippen molar-refractivity contribution in [3.05, 3.63) is 23.4 Å². The van der Waals surface area contributed by atoms with E-state index in [9.17, 15) is 0 Å². The normalized spacial score (nSPS) is 21.8. The van der Waals surface area contributed by atoms with Crippen molar-refractivity contribution in [3.8, 4) is 0 Å². The summed E-state index contributed by atoms with van der Waals surface area (Å²) in [6.07, 6.45) is 3.97. The van der Waals surface area contributed by atoms with Crippen molar-refractivity contribution in [2.24, 2.45) is 5.92 Å². The largest absolute Gasteiger partial charge is 0.480 e. The lowest BCUT2D eigenvalue weighted by molar-refractivity contribution is 0.165. The first kappa shape index (κ1) is 9.87. The van der Waals surface area contributed by atoms with Gasteiger partial charge in [0.1, 0.15) is 19.1 Å². The van der Waals surface area contributed by atoms with E-state index in [0.29, 0.717) is 17.4 Å². The van der Waals surface area contributed by atoms with E-state index in [4.69, 9.17) is 14.2 Å². The highest BCUT2D eigenvalue weighted by molar-refractivity contribution is 5.25. The van der Waals surface area contributed by atoms with Gasteiger partial charge in [0.15, 0.2) is 0 Å². The Kier molecular flexibility index (Phi) is 3.15. The molecule has 0 aliphatic heterocycles. The van der Waals surface area contributed by atoms with Crippen LogP contribution >= 0.6 is 0 Å². The van der Waals surface area contributed by atoms with Crippen molar-refractivity contribution in [3.63, 3.8) is 0 Å². The quantitative estimate of drug-likeness (QED) is 0.625. The molecule has 0 spiro atoms. The third-order valence-corrected chi connectivity index (χ3v) is 1.98. The average Bonchev–Trinajstić information content (AvgIpc) is 2.16. The summed E-state index contributed by atoms with van der Waals surface area (Å²) in [4.78, 5) is 0. The van der Waals surface area contributed by atoms with Crippen LogP contribution in [0.5, 0.6) is 0 Å². The van der Waals surface area contributed by atoms with Gasteiger partial charge in [-0.3, -0.25) is 0 Å². The Balaban J connectivity index is 2.97. The van der Waals surface area contributed by atoms with Crippen molar-refractivity contribution in [2.45, 2.75) is 13.3 Å². The zero-order valence-corrected chi connectivity index (χ0v) is 8.51. The van der Waals surface area contributed by atoms with E-state index in [1.807, 2.05) is 0 Å². The second-order valence-electron chi connectivity index (χ2n) is 2.94. The lowest BCUT2D eigenvalue weighted by atomic mass is 9.99. The van der Waals surface area contributed by atoms with Gasteiger partial charge in [-0.25, -0.2) is 0 Å². The molecule has 0 bridgehead atoms. The van der Waals surface area contributed by atoms with Gasteiger partial charge in [0, 0.05) is 0 Å². The van der Waals surface area contributed by atoms with Gasteiger partial charge in [-0.1, -0.05) is 0 Å². The van der Waals surface area contributed by atoms with Crippen LogP contribution in [0.3, 0.4) is 0 Å². The summed E-state index contributed by atoms with van der Waals surface area (Å²) in [5.41, 5.74) is 0. The van der Waals surface area contributed by atoms with E-state index in [2.05, 4.69) is 13.0 Å². The molecular weight excluding hydrogens is 168 g/mol. The molecule has 72 valence electrons. The van der Waals surface area contributed by atoms with Crippen LogP contribution in [-0.4, -0.2) is 21.3 Å². The lowest BCUT2D eigenvalue weighted by Crippen LogP contribution is -2.11. The fourth-order valence-corrected chi connectivity index (χ4v) is 1.37. The minimum atomic E-state index is 0.309. The smallest absolute Gasteiger partial charge is 0.392 e. The van der Waals surface area contributed by atoms with Gasteiger partial charge in [-0.2, -0.15) is 0 Å². The molecule has 0 N–H and O–H groups in total. The molecule has 1 rings (SSSR count). The Labute approximate surface area is 79.0 Å². The lowest BCUT2D eigenvalue weighted by Gasteiger charge is -2.11. The number of hydrogen-bond donors (Lipinski definition) is 0. The zero-order valence-electron chi connectivity index (χ0n) is 8.51. The minimum Gasteiger partial charge on any atom is -0.480 e. The molecule has 3 heteroatoms. The maximum absolute atomic E-state index is 5.21. The number of allylic oxidation sites excluding steroid dienone is 2. The van der Waals surface area contributed by atoms with Gasteiger partial charge in [0.05, 0.1) is 20.6 Å². The Morgan fingerprint density at radius 2 is 1.85 bits per heavy atom. The number of hydrogen-bond acceptors (Lipinski definition) is 3. The summed E-state index contributed by atoms with van der Waals surface area (Å²) < 4.78 is 15.5. The predicted octanol–water partition coefficient (Wildman–Crippen LogP) is 1.86. The van der Waals surface area contributed by atoms with Crippen LogP contribution in [0.1, 0.15) is 13.3 Å². The van der Waals surface area contributed by atoms with Gasteiger partial charge < -0.3 is 14.2 Å². The molecular formula is C10H15O3+. The SMILES string of the molecule is COC1=[C+]C(C)CC(OC)=C1OC. The molecule has 0 aromatic carbocycles. The Hall–Kier alpha value is -1.21. The Morgan fingerprint density at radius 1 is 1.15 bits per heavy atom. The van der Waals surface area contributed by atoms with E-state index in [1.54, 1.807) is 21.3 Å². The topological polar surface area (TPSA) is 27.7 Å². The zero-order chi connectivity index (χ0) is 9.84. The van der Waals surface area contributed by atoms with Crippen molar-refractivity contribution in [2.75, 3.05) is 21.3 Å². The Bertz CT molecular complexity index is 241. The summed E-state index contributed by atoms with van der Waals surface area (Å²) in [6.45, 7) is 2.06. The van der Waals surface area contributed by atoms with Crippen LogP contribution in [-0.2, 0) is 14.2 Å². The number of ether oxygens (including phenoxy) is 3. The minimum absolute atomic E-state index is 0.309. The van der Waals surface area contributed by atoms with E-state index in [1.165, 1.54) is 0 Å². The maximum atomic E-state index is 5.21. The van der Waals surface area contributed by atoms with E-state index < -0.39 is 0 Å². The first-order valence-electron chi connectivity index (χ1n) is 4.21. The van der Waals surface area contributed by atoms with Gasteiger partial charge in [0.25, 0.3) is 0 Å². The highest BCUT2D eigenvalue weighted by Crippen LogP contribution is 2.28. The van der Waals surface area contributed by atoms with Crippen LogP contribution < -0.4 is 0 Å². The average molecular weight is 183 g/mol. The molecule has 0 saturated heterocycles. The first-order chi connectivity index (χ1) is 6.22. The fourth-order valence-electron chi connectivity index (χ4n) is 1.37. The maximum Gasteiger partial charge on any atom is 0.392 e. The van der Waals surface area contributed by atoms with Crippen molar-refractivity contribution >= 4 is 0 Å². The third-order valence-electron chi connectivity index (χ3n) is 1.98. The monoisotopic (exact) mass is 183 g/mol. The van der Waals surface area contributed by atoms with Gasteiger partial charge in [-0.15, -0.1) is 0 Å². The summed E-state index contributed by atoms with van der Waals surface area (Å²) in [5.74, 6) is 2.43. The molecule has 13 heavy (non-hydrogen) atoms. The molecule has 1 atom stereocenters. The molecule has 3 nitrogen and oxygen atoms in total. The van der Waals surface area contributed by atoms with Crippen molar-refractivity contribution in [1.82, 2.24) is 0 Å². The highest BCUT2D eigenvalue weighted by atomic mass is 16.5. The molecule has 1 aliphatic rings. The molecule has 0 aromatic rings.